The molecule has 0 spiro atoms. The Morgan fingerprint density at radius 2 is 2.18 bits per heavy atom. The number of carbonyl (C=O) groups is 1. The number of halogens is 1. The van der Waals surface area contributed by atoms with Crippen LogP contribution in [0.15, 0.2) is 42.7 Å². The lowest BCUT2D eigenvalue weighted by atomic mass is 10.3. The first-order chi connectivity index (χ1) is 13.6. The first-order valence-electron chi connectivity index (χ1n) is 8.95. The van der Waals surface area contributed by atoms with E-state index in [2.05, 4.69) is 15.2 Å². The normalized spacial score (nSPS) is 11.2. The van der Waals surface area contributed by atoms with Gasteiger partial charge in [-0.05, 0) is 38.1 Å². The van der Waals surface area contributed by atoms with E-state index in [1.807, 2.05) is 26.1 Å². The minimum Gasteiger partial charge on any atom is -0.281 e. The van der Waals surface area contributed by atoms with Gasteiger partial charge >= 0.3 is 0 Å². The predicted octanol–water partition coefficient (Wildman–Crippen LogP) is 3.50. The SMILES string of the molecule is CCn1nc(C(=O)N(CCn2cccn2)c2nc3c(F)cccc3s2)cc1C. The standard InChI is InChI=1S/C19H19FN6OS/c1-3-26-13(2)12-15(23-26)18(27)25(11-10-24-9-5-8-21-24)19-22-17-14(20)6-4-7-16(17)28-19/h4-9,12H,3,10-11H2,1-2H3. The van der Waals surface area contributed by atoms with Gasteiger partial charge in [-0.25, -0.2) is 9.37 Å². The first kappa shape index (κ1) is 18.3. The van der Waals surface area contributed by atoms with Crippen LogP contribution in [-0.2, 0) is 13.1 Å². The van der Waals surface area contributed by atoms with Crippen molar-refractivity contribution in [2.45, 2.75) is 26.9 Å². The van der Waals surface area contributed by atoms with Gasteiger partial charge in [0.25, 0.3) is 5.91 Å². The van der Waals surface area contributed by atoms with Gasteiger partial charge in [0, 0.05) is 31.2 Å². The van der Waals surface area contributed by atoms with E-state index in [0.29, 0.717) is 35.2 Å². The number of hydrogen-bond donors (Lipinski definition) is 0. The molecule has 0 bridgehead atoms. The van der Waals surface area contributed by atoms with Gasteiger partial charge in [0.15, 0.2) is 10.8 Å². The Morgan fingerprint density at radius 1 is 1.32 bits per heavy atom. The molecule has 0 saturated heterocycles. The second kappa shape index (κ2) is 7.51. The van der Waals surface area contributed by atoms with Gasteiger partial charge in [-0.1, -0.05) is 17.4 Å². The molecule has 28 heavy (non-hydrogen) atoms. The lowest BCUT2D eigenvalue weighted by molar-refractivity contribution is 0.0980. The molecule has 0 unspecified atom stereocenters. The molecule has 0 atom stereocenters. The number of fused-ring (bicyclic) bond motifs is 1. The topological polar surface area (TPSA) is 68.8 Å². The highest BCUT2D eigenvalue weighted by Gasteiger charge is 2.24. The van der Waals surface area contributed by atoms with Crippen LogP contribution in [0.5, 0.6) is 0 Å². The molecule has 3 aromatic heterocycles. The number of thiazole rings is 1. The van der Waals surface area contributed by atoms with E-state index in [-0.39, 0.29) is 11.4 Å². The van der Waals surface area contributed by atoms with Gasteiger partial charge in [-0.3, -0.25) is 19.1 Å². The Labute approximate surface area is 165 Å². The highest BCUT2D eigenvalue weighted by Crippen LogP contribution is 2.31. The third-order valence-electron chi connectivity index (χ3n) is 4.45. The summed E-state index contributed by atoms with van der Waals surface area (Å²) < 4.78 is 18.3. The van der Waals surface area contributed by atoms with Crippen molar-refractivity contribution in [3.05, 3.63) is 59.9 Å². The molecule has 1 aromatic carbocycles. The molecule has 0 N–H and O–H groups in total. The van der Waals surface area contributed by atoms with Crippen molar-refractivity contribution in [3.8, 4) is 0 Å². The zero-order valence-corrected chi connectivity index (χ0v) is 16.4. The molecule has 0 saturated carbocycles. The summed E-state index contributed by atoms with van der Waals surface area (Å²) in [6.07, 6.45) is 3.52. The zero-order valence-electron chi connectivity index (χ0n) is 15.5. The van der Waals surface area contributed by atoms with E-state index in [1.54, 1.807) is 38.7 Å². The van der Waals surface area contributed by atoms with Crippen LogP contribution in [0.3, 0.4) is 0 Å². The number of amides is 1. The van der Waals surface area contributed by atoms with Gasteiger partial charge in [-0.2, -0.15) is 10.2 Å². The molecule has 4 rings (SSSR count). The fourth-order valence-corrected chi connectivity index (χ4v) is 4.02. The summed E-state index contributed by atoms with van der Waals surface area (Å²) in [7, 11) is 0. The first-order valence-corrected chi connectivity index (χ1v) is 9.77. The molecule has 9 heteroatoms. The highest BCUT2D eigenvalue weighted by atomic mass is 32.1. The highest BCUT2D eigenvalue weighted by molar-refractivity contribution is 7.22. The van der Waals surface area contributed by atoms with Crippen LogP contribution in [0.2, 0.25) is 0 Å². The number of aryl methyl sites for hydroxylation is 2. The number of carbonyl (C=O) groups excluding carboxylic acids is 1. The number of anilines is 1. The van der Waals surface area contributed by atoms with Crippen LogP contribution in [0, 0.1) is 12.7 Å². The molecular formula is C19H19FN6OS. The number of rotatable bonds is 6. The summed E-state index contributed by atoms with van der Waals surface area (Å²) in [5.41, 5.74) is 1.53. The van der Waals surface area contributed by atoms with Crippen molar-refractivity contribution >= 4 is 32.6 Å². The lowest BCUT2D eigenvalue weighted by Gasteiger charge is -2.18. The molecular weight excluding hydrogens is 379 g/mol. The summed E-state index contributed by atoms with van der Waals surface area (Å²) in [5.74, 6) is -0.660. The average Bonchev–Trinajstić information content (AvgIpc) is 3.41. The Morgan fingerprint density at radius 3 is 2.86 bits per heavy atom. The maximum Gasteiger partial charge on any atom is 0.280 e. The van der Waals surface area contributed by atoms with Crippen LogP contribution in [0.25, 0.3) is 10.2 Å². The molecule has 0 aliphatic rings. The third kappa shape index (κ3) is 3.40. The number of aromatic nitrogens is 5. The van der Waals surface area contributed by atoms with Gasteiger partial charge in [0.05, 0.1) is 11.2 Å². The van der Waals surface area contributed by atoms with Crippen molar-refractivity contribution in [1.82, 2.24) is 24.5 Å². The predicted molar refractivity (Wildman–Crippen MR) is 106 cm³/mol. The zero-order chi connectivity index (χ0) is 19.7. The van der Waals surface area contributed by atoms with Crippen LogP contribution >= 0.6 is 11.3 Å². The largest absolute Gasteiger partial charge is 0.281 e. The van der Waals surface area contributed by atoms with Crippen molar-refractivity contribution < 1.29 is 9.18 Å². The monoisotopic (exact) mass is 398 g/mol. The number of para-hydroxylation sites is 1. The number of benzene rings is 1. The van der Waals surface area contributed by atoms with Crippen LogP contribution in [0.4, 0.5) is 9.52 Å². The van der Waals surface area contributed by atoms with Gasteiger partial charge < -0.3 is 0 Å². The number of nitrogens with zero attached hydrogens (tertiary/aromatic N) is 6. The second-order valence-corrected chi connectivity index (χ2v) is 7.30. The quantitative estimate of drug-likeness (QED) is 0.498. The van der Waals surface area contributed by atoms with Crippen molar-refractivity contribution in [3.63, 3.8) is 0 Å². The summed E-state index contributed by atoms with van der Waals surface area (Å²) in [6.45, 7) is 5.40. The Kier molecular flexibility index (Phi) is 4.91. The smallest absolute Gasteiger partial charge is 0.280 e. The summed E-state index contributed by atoms with van der Waals surface area (Å²) >= 11 is 1.29. The summed E-state index contributed by atoms with van der Waals surface area (Å²) in [6, 6.07) is 8.40. The third-order valence-corrected chi connectivity index (χ3v) is 5.49. The summed E-state index contributed by atoms with van der Waals surface area (Å²) in [5, 5.41) is 9.03. The van der Waals surface area contributed by atoms with Crippen molar-refractivity contribution in [2.75, 3.05) is 11.4 Å². The molecule has 0 fully saturated rings. The maximum absolute atomic E-state index is 14.1. The van der Waals surface area contributed by atoms with Gasteiger partial charge in [-0.15, -0.1) is 0 Å². The molecule has 4 aromatic rings. The molecule has 0 aliphatic heterocycles. The van der Waals surface area contributed by atoms with Crippen LogP contribution in [0.1, 0.15) is 23.1 Å². The lowest BCUT2D eigenvalue weighted by Crippen LogP contribution is -2.34. The molecule has 1 amide bonds. The van der Waals surface area contributed by atoms with E-state index < -0.39 is 5.82 Å². The Hall–Kier alpha value is -3.07. The second-order valence-electron chi connectivity index (χ2n) is 6.30. The number of hydrogen-bond acceptors (Lipinski definition) is 5. The van der Waals surface area contributed by atoms with Gasteiger partial charge in [0.2, 0.25) is 0 Å². The summed E-state index contributed by atoms with van der Waals surface area (Å²) in [4.78, 5) is 19.2. The van der Waals surface area contributed by atoms with Crippen LogP contribution < -0.4 is 4.90 Å². The molecule has 0 aliphatic carbocycles. The molecule has 144 valence electrons. The van der Waals surface area contributed by atoms with E-state index >= 15 is 0 Å². The maximum atomic E-state index is 14.1. The van der Waals surface area contributed by atoms with Crippen LogP contribution in [-0.4, -0.2) is 37.0 Å². The molecule has 7 nitrogen and oxygen atoms in total. The average molecular weight is 398 g/mol. The Bertz CT molecular complexity index is 1120. The fraction of sp³-hybridized carbons (Fsp3) is 0.263. The minimum absolute atomic E-state index is 0.262. The molecule has 3 heterocycles. The fourth-order valence-electron chi connectivity index (χ4n) is 3.01. The minimum atomic E-state index is -0.398. The van der Waals surface area contributed by atoms with Crippen molar-refractivity contribution in [2.24, 2.45) is 0 Å². The Balaban J connectivity index is 1.71. The van der Waals surface area contributed by atoms with E-state index in [4.69, 9.17) is 0 Å². The van der Waals surface area contributed by atoms with Crippen molar-refractivity contribution in [1.29, 1.82) is 0 Å². The van der Waals surface area contributed by atoms with E-state index in [9.17, 15) is 9.18 Å². The van der Waals surface area contributed by atoms with Gasteiger partial charge in [0.1, 0.15) is 11.3 Å². The molecule has 0 radical (unpaired) electrons. The van der Waals surface area contributed by atoms with E-state index in [0.717, 1.165) is 5.69 Å². The van der Waals surface area contributed by atoms with E-state index in [1.165, 1.54) is 17.4 Å².